The summed E-state index contributed by atoms with van der Waals surface area (Å²) in [7, 11) is 0. The molecule has 0 radical (unpaired) electrons. The van der Waals surface area contributed by atoms with E-state index in [9.17, 15) is 9.59 Å². The van der Waals surface area contributed by atoms with E-state index >= 15 is 0 Å². The van der Waals surface area contributed by atoms with Crippen LogP contribution in [-0.2, 0) is 9.59 Å². The molecule has 0 heterocycles. The third kappa shape index (κ3) is 5.31. The third-order valence-corrected chi connectivity index (χ3v) is 4.75. The van der Waals surface area contributed by atoms with E-state index in [-0.39, 0.29) is 24.3 Å². The number of carbonyl (C=O) groups is 2. The average Bonchev–Trinajstić information content (AvgIpc) is 3.41. The normalized spacial score (nSPS) is 13.2. The molecule has 0 aromatic heterocycles. The molecule has 2 N–H and O–H groups in total. The second-order valence-electron chi connectivity index (χ2n) is 5.75. The number of hydrogen-bond donors (Lipinski definition) is 2. The van der Waals surface area contributed by atoms with Crippen molar-refractivity contribution in [3.05, 3.63) is 51.4 Å². The molecule has 5 nitrogen and oxygen atoms in total. The van der Waals surface area contributed by atoms with Crippen molar-refractivity contribution in [1.82, 2.24) is 0 Å². The molecule has 0 aliphatic heterocycles. The van der Waals surface area contributed by atoms with Crippen molar-refractivity contribution in [3.63, 3.8) is 0 Å². The predicted octanol–water partition coefficient (Wildman–Crippen LogP) is 4.58. The van der Waals surface area contributed by atoms with Gasteiger partial charge in [-0.15, -0.1) is 0 Å². The van der Waals surface area contributed by atoms with Crippen molar-refractivity contribution in [2.75, 3.05) is 17.2 Å². The van der Waals surface area contributed by atoms with Gasteiger partial charge in [-0.2, -0.15) is 0 Å². The Bertz CT molecular complexity index is 789. The Morgan fingerprint density at radius 2 is 1.64 bits per heavy atom. The number of hydrogen-bond acceptors (Lipinski definition) is 3. The van der Waals surface area contributed by atoms with Crippen LogP contribution in [0.2, 0.25) is 0 Å². The Labute approximate surface area is 162 Å². The smallest absolute Gasteiger partial charge is 0.262 e. The van der Waals surface area contributed by atoms with Crippen LogP contribution in [0.5, 0.6) is 5.75 Å². The van der Waals surface area contributed by atoms with Gasteiger partial charge < -0.3 is 15.4 Å². The molecule has 25 heavy (non-hydrogen) atoms. The summed E-state index contributed by atoms with van der Waals surface area (Å²) in [5.74, 6) is 0.556. The maximum atomic E-state index is 12.0. The Balaban J connectivity index is 1.49. The molecule has 0 atom stereocenters. The van der Waals surface area contributed by atoms with Crippen LogP contribution >= 0.6 is 31.9 Å². The molecule has 0 saturated heterocycles. The quantitative estimate of drug-likeness (QED) is 0.653. The van der Waals surface area contributed by atoms with Crippen LogP contribution < -0.4 is 15.4 Å². The first-order chi connectivity index (χ1) is 12.0. The van der Waals surface area contributed by atoms with Crippen molar-refractivity contribution in [1.29, 1.82) is 0 Å². The first-order valence-corrected chi connectivity index (χ1v) is 9.38. The van der Waals surface area contributed by atoms with Crippen molar-refractivity contribution < 1.29 is 14.3 Å². The molecule has 2 amide bonds. The Kier molecular flexibility index (Phi) is 5.75. The number of ether oxygens (including phenoxy) is 1. The molecular formula is C18H16Br2N2O3. The van der Waals surface area contributed by atoms with E-state index in [1.165, 1.54) is 0 Å². The first kappa shape index (κ1) is 17.9. The molecular weight excluding hydrogens is 452 g/mol. The van der Waals surface area contributed by atoms with Gasteiger partial charge in [-0.05, 0) is 71.2 Å². The second kappa shape index (κ2) is 8.01. The summed E-state index contributed by atoms with van der Waals surface area (Å²) in [4.78, 5) is 23.7. The minimum Gasteiger partial charge on any atom is -0.483 e. The largest absolute Gasteiger partial charge is 0.483 e. The van der Waals surface area contributed by atoms with E-state index in [0.717, 1.165) is 27.5 Å². The van der Waals surface area contributed by atoms with E-state index in [1.807, 2.05) is 12.1 Å². The second-order valence-corrected chi connectivity index (χ2v) is 7.52. The van der Waals surface area contributed by atoms with Crippen molar-refractivity contribution >= 4 is 55.0 Å². The van der Waals surface area contributed by atoms with Crippen molar-refractivity contribution in [2.45, 2.75) is 12.8 Å². The molecule has 7 heteroatoms. The molecule has 2 aromatic carbocycles. The SMILES string of the molecule is O=C(COc1ccc(Br)cc1Br)Nc1ccc(NC(=O)C2CC2)cc1. The highest BCUT2D eigenvalue weighted by Crippen LogP contribution is 2.30. The van der Waals surface area contributed by atoms with Crippen LogP contribution in [0, 0.1) is 5.92 Å². The lowest BCUT2D eigenvalue weighted by Crippen LogP contribution is -2.20. The summed E-state index contributed by atoms with van der Waals surface area (Å²) < 4.78 is 7.19. The zero-order valence-electron chi connectivity index (χ0n) is 13.2. The highest BCUT2D eigenvalue weighted by atomic mass is 79.9. The zero-order chi connectivity index (χ0) is 17.8. The molecule has 0 unspecified atom stereocenters. The van der Waals surface area contributed by atoms with Crippen LogP contribution in [0.15, 0.2) is 51.4 Å². The Hall–Kier alpha value is -1.86. The third-order valence-electron chi connectivity index (χ3n) is 3.64. The van der Waals surface area contributed by atoms with E-state index in [2.05, 4.69) is 42.5 Å². The fourth-order valence-corrected chi connectivity index (χ4v) is 3.32. The predicted molar refractivity (Wildman–Crippen MR) is 104 cm³/mol. The van der Waals surface area contributed by atoms with Gasteiger partial charge in [0.25, 0.3) is 5.91 Å². The fourth-order valence-electron chi connectivity index (χ4n) is 2.16. The molecule has 3 rings (SSSR count). The van der Waals surface area contributed by atoms with Crippen molar-refractivity contribution in [2.24, 2.45) is 5.92 Å². The lowest BCUT2D eigenvalue weighted by atomic mass is 10.2. The standard InChI is InChI=1S/C18H16Br2N2O3/c19-12-3-8-16(15(20)9-12)25-10-17(23)21-13-4-6-14(7-5-13)22-18(24)11-1-2-11/h3-9,11H,1-2,10H2,(H,21,23)(H,22,24). The Morgan fingerprint density at radius 1 is 1.00 bits per heavy atom. The molecule has 1 saturated carbocycles. The molecule has 1 fully saturated rings. The van der Waals surface area contributed by atoms with Gasteiger partial charge in [-0.25, -0.2) is 0 Å². The topological polar surface area (TPSA) is 67.4 Å². The van der Waals surface area contributed by atoms with Gasteiger partial charge in [0, 0.05) is 21.8 Å². The zero-order valence-corrected chi connectivity index (χ0v) is 16.4. The van der Waals surface area contributed by atoms with Gasteiger partial charge in [-0.3, -0.25) is 9.59 Å². The monoisotopic (exact) mass is 466 g/mol. The Morgan fingerprint density at radius 3 is 2.24 bits per heavy atom. The van der Waals surface area contributed by atoms with Crippen LogP contribution in [0.25, 0.3) is 0 Å². The number of carbonyl (C=O) groups excluding carboxylic acids is 2. The lowest BCUT2D eigenvalue weighted by Gasteiger charge is -2.10. The number of nitrogens with one attached hydrogen (secondary N) is 2. The molecule has 0 bridgehead atoms. The fraction of sp³-hybridized carbons (Fsp3) is 0.222. The minimum atomic E-state index is -0.260. The highest BCUT2D eigenvalue weighted by molar-refractivity contribution is 9.11. The average molecular weight is 468 g/mol. The highest BCUT2D eigenvalue weighted by Gasteiger charge is 2.29. The lowest BCUT2D eigenvalue weighted by molar-refractivity contribution is -0.118. The van der Waals surface area contributed by atoms with E-state index in [4.69, 9.17) is 4.74 Å². The number of rotatable bonds is 6. The van der Waals surface area contributed by atoms with Gasteiger partial charge >= 0.3 is 0 Å². The summed E-state index contributed by atoms with van der Waals surface area (Å²) in [5, 5.41) is 5.61. The minimum absolute atomic E-state index is 0.0604. The van der Waals surface area contributed by atoms with Crippen LogP contribution in [0.4, 0.5) is 11.4 Å². The number of amides is 2. The summed E-state index contributed by atoms with van der Waals surface area (Å²) in [6.07, 6.45) is 1.93. The molecule has 2 aromatic rings. The molecule has 1 aliphatic rings. The van der Waals surface area contributed by atoms with Gasteiger partial charge in [0.15, 0.2) is 6.61 Å². The summed E-state index contributed by atoms with van der Waals surface area (Å²) in [6, 6.07) is 12.5. The van der Waals surface area contributed by atoms with Crippen molar-refractivity contribution in [3.8, 4) is 5.75 Å². The van der Waals surface area contributed by atoms with E-state index in [1.54, 1.807) is 30.3 Å². The molecule has 1 aliphatic carbocycles. The maximum absolute atomic E-state index is 12.0. The van der Waals surface area contributed by atoms with Gasteiger partial charge in [-0.1, -0.05) is 15.9 Å². The number of halogens is 2. The number of benzene rings is 2. The maximum Gasteiger partial charge on any atom is 0.262 e. The van der Waals surface area contributed by atoms with Crippen LogP contribution in [-0.4, -0.2) is 18.4 Å². The van der Waals surface area contributed by atoms with Crippen LogP contribution in [0.1, 0.15) is 12.8 Å². The summed E-state index contributed by atoms with van der Waals surface area (Å²) >= 11 is 6.75. The molecule has 0 spiro atoms. The first-order valence-electron chi connectivity index (χ1n) is 7.80. The van der Waals surface area contributed by atoms with Gasteiger partial charge in [0.05, 0.1) is 4.47 Å². The summed E-state index contributed by atoms with van der Waals surface area (Å²) in [5.41, 5.74) is 1.37. The van der Waals surface area contributed by atoms with Gasteiger partial charge in [0.1, 0.15) is 5.75 Å². The van der Waals surface area contributed by atoms with Crippen LogP contribution in [0.3, 0.4) is 0 Å². The van der Waals surface area contributed by atoms with E-state index in [0.29, 0.717) is 11.4 Å². The van der Waals surface area contributed by atoms with Gasteiger partial charge in [0.2, 0.25) is 5.91 Å². The summed E-state index contributed by atoms with van der Waals surface area (Å²) in [6.45, 7) is -0.0968. The molecule has 130 valence electrons. The van der Waals surface area contributed by atoms with E-state index < -0.39 is 0 Å². The number of anilines is 2.